The molecule has 0 bridgehead atoms. The molecule has 0 radical (unpaired) electrons. The molecule has 1 saturated heterocycles. The fourth-order valence-electron chi connectivity index (χ4n) is 3.70. The summed E-state index contributed by atoms with van der Waals surface area (Å²) in [5, 5.41) is 2.89. The molecule has 7 nitrogen and oxygen atoms in total. The first-order chi connectivity index (χ1) is 14.4. The standard InChI is InChI=1S/C23H26N2O5/c1-5-23(18-11-12-19(29-4)15(3)13-18)21(27)25(22(28)24-23)14-16-7-9-17(10-8-16)20(26)30-6-2/h7-13H,5-6,14H2,1-4H3,(H,24,28). The molecule has 1 aliphatic heterocycles. The van der Waals surface area contributed by atoms with Gasteiger partial charge in [-0.15, -0.1) is 0 Å². The number of nitrogens with zero attached hydrogens (tertiary/aromatic N) is 1. The van der Waals surface area contributed by atoms with Gasteiger partial charge >= 0.3 is 12.0 Å². The molecule has 158 valence electrons. The van der Waals surface area contributed by atoms with Crippen LogP contribution in [0.2, 0.25) is 0 Å². The molecule has 3 rings (SSSR count). The highest BCUT2D eigenvalue weighted by Gasteiger charge is 2.51. The van der Waals surface area contributed by atoms with Crippen LogP contribution in [0.4, 0.5) is 4.79 Å². The lowest BCUT2D eigenvalue weighted by atomic mass is 9.86. The largest absolute Gasteiger partial charge is 0.496 e. The van der Waals surface area contributed by atoms with Gasteiger partial charge < -0.3 is 14.8 Å². The average Bonchev–Trinajstić information content (AvgIpc) is 2.99. The number of benzene rings is 2. The molecule has 0 spiro atoms. The molecule has 2 aromatic rings. The summed E-state index contributed by atoms with van der Waals surface area (Å²) >= 11 is 0. The monoisotopic (exact) mass is 410 g/mol. The van der Waals surface area contributed by atoms with Gasteiger partial charge in [-0.3, -0.25) is 9.69 Å². The van der Waals surface area contributed by atoms with Crippen molar-refractivity contribution in [1.29, 1.82) is 0 Å². The molecule has 1 atom stereocenters. The second-order valence-electron chi connectivity index (χ2n) is 7.18. The minimum absolute atomic E-state index is 0.116. The van der Waals surface area contributed by atoms with Gasteiger partial charge in [-0.2, -0.15) is 0 Å². The molecule has 0 aromatic heterocycles. The molecule has 0 aliphatic carbocycles. The zero-order chi connectivity index (χ0) is 21.9. The number of amides is 3. The van der Waals surface area contributed by atoms with E-state index in [9.17, 15) is 14.4 Å². The minimum Gasteiger partial charge on any atom is -0.496 e. The van der Waals surface area contributed by atoms with Crippen molar-refractivity contribution in [1.82, 2.24) is 10.2 Å². The predicted octanol–water partition coefficient (Wildman–Crippen LogP) is 3.54. The van der Waals surface area contributed by atoms with Crippen LogP contribution >= 0.6 is 0 Å². The molecule has 7 heteroatoms. The summed E-state index contributed by atoms with van der Waals surface area (Å²) in [6.45, 7) is 5.93. The number of esters is 1. The number of imide groups is 1. The molecule has 2 aromatic carbocycles. The van der Waals surface area contributed by atoms with E-state index in [0.717, 1.165) is 22.4 Å². The van der Waals surface area contributed by atoms with E-state index in [-0.39, 0.29) is 12.5 Å². The van der Waals surface area contributed by atoms with Gasteiger partial charge in [-0.25, -0.2) is 9.59 Å². The number of carbonyl (C=O) groups excluding carboxylic acids is 3. The van der Waals surface area contributed by atoms with E-state index in [2.05, 4.69) is 5.32 Å². The first-order valence-electron chi connectivity index (χ1n) is 9.91. The highest BCUT2D eigenvalue weighted by atomic mass is 16.5. The molecule has 1 heterocycles. The van der Waals surface area contributed by atoms with Crippen LogP contribution in [0.15, 0.2) is 42.5 Å². The Labute approximate surface area is 176 Å². The Morgan fingerprint density at radius 3 is 2.37 bits per heavy atom. The van der Waals surface area contributed by atoms with Gasteiger partial charge in [0, 0.05) is 0 Å². The molecular weight excluding hydrogens is 384 g/mol. The first-order valence-corrected chi connectivity index (χ1v) is 9.91. The maximum atomic E-state index is 13.3. The second kappa shape index (κ2) is 8.57. The van der Waals surface area contributed by atoms with Gasteiger partial charge in [-0.1, -0.05) is 25.1 Å². The molecule has 0 saturated carbocycles. The van der Waals surface area contributed by atoms with Crippen LogP contribution < -0.4 is 10.1 Å². The molecule has 1 unspecified atom stereocenters. The van der Waals surface area contributed by atoms with Crippen LogP contribution in [0.5, 0.6) is 5.75 Å². The Morgan fingerprint density at radius 1 is 1.10 bits per heavy atom. The Balaban J connectivity index is 1.84. The highest BCUT2D eigenvalue weighted by Crippen LogP contribution is 2.35. The SMILES string of the molecule is CCOC(=O)c1ccc(CN2C(=O)NC(CC)(c3ccc(OC)c(C)c3)C2=O)cc1. The number of aryl methyl sites for hydroxylation is 1. The van der Waals surface area contributed by atoms with Crippen LogP contribution in [-0.4, -0.2) is 36.5 Å². The topological polar surface area (TPSA) is 84.9 Å². The van der Waals surface area contributed by atoms with Crippen molar-refractivity contribution in [3.63, 3.8) is 0 Å². The summed E-state index contributed by atoms with van der Waals surface area (Å²) < 4.78 is 10.3. The number of hydrogen-bond donors (Lipinski definition) is 1. The fourth-order valence-corrected chi connectivity index (χ4v) is 3.70. The first kappa shape index (κ1) is 21.4. The molecule has 1 N–H and O–H groups in total. The number of hydrogen-bond acceptors (Lipinski definition) is 5. The van der Waals surface area contributed by atoms with Crippen molar-refractivity contribution in [3.8, 4) is 5.75 Å². The molecule has 1 aliphatic rings. The van der Waals surface area contributed by atoms with Crippen LogP contribution in [0.3, 0.4) is 0 Å². The maximum Gasteiger partial charge on any atom is 0.338 e. The van der Waals surface area contributed by atoms with Gasteiger partial charge in [0.15, 0.2) is 0 Å². The summed E-state index contributed by atoms with van der Waals surface area (Å²) in [7, 11) is 1.59. The van der Waals surface area contributed by atoms with E-state index in [0.29, 0.717) is 18.6 Å². The van der Waals surface area contributed by atoms with Crippen molar-refractivity contribution in [3.05, 3.63) is 64.7 Å². The van der Waals surface area contributed by atoms with Crippen molar-refractivity contribution >= 4 is 17.9 Å². The summed E-state index contributed by atoms with van der Waals surface area (Å²) in [4.78, 5) is 39.0. The predicted molar refractivity (Wildman–Crippen MR) is 111 cm³/mol. The summed E-state index contributed by atoms with van der Waals surface area (Å²) in [5.41, 5.74) is 1.66. The van der Waals surface area contributed by atoms with E-state index in [1.807, 2.05) is 26.0 Å². The molecular formula is C23H26N2O5. The third kappa shape index (κ3) is 3.75. The minimum atomic E-state index is -1.11. The van der Waals surface area contributed by atoms with Gasteiger partial charge in [0.1, 0.15) is 11.3 Å². The van der Waals surface area contributed by atoms with Crippen molar-refractivity contribution in [2.75, 3.05) is 13.7 Å². The van der Waals surface area contributed by atoms with Crippen LogP contribution in [0, 0.1) is 6.92 Å². The van der Waals surface area contributed by atoms with Gasteiger partial charge in [0.25, 0.3) is 5.91 Å². The van der Waals surface area contributed by atoms with E-state index in [1.165, 1.54) is 4.90 Å². The van der Waals surface area contributed by atoms with E-state index in [1.54, 1.807) is 44.4 Å². The lowest BCUT2D eigenvalue weighted by molar-refractivity contribution is -0.132. The molecule has 30 heavy (non-hydrogen) atoms. The zero-order valence-corrected chi connectivity index (χ0v) is 17.7. The Kier molecular flexibility index (Phi) is 6.10. The third-order valence-corrected chi connectivity index (χ3v) is 5.40. The van der Waals surface area contributed by atoms with Gasteiger partial charge in [-0.05, 0) is 61.2 Å². The van der Waals surface area contributed by atoms with Crippen LogP contribution in [-0.2, 0) is 21.6 Å². The number of nitrogens with one attached hydrogen (secondary N) is 1. The Morgan fingerprint density at radius 2 is 1.80 bits per heavy atom. The number of ether oxygens (including phenoxy) is 2. The fraction of sp³-hybridized carbons (Fsp3) is 0.348. The quantitative estimate of drug-likeness (QED) is 0.557. The summed E-state index contributed by atoms with van der Waals surface area (Å²) in [5.74, 6) is 0.0216. The number of methoxy groups -OCH3 is 1. The summed E-state index contributed by atoms with van der Waals surface area (Å²) in [6.07, 6.45) is 0.418. The Bertz CT molecular complexity index is 970. The van der Waals surface area contributed by atoms with Crippen LogP contribution in [0.25, 0.3) is 0 Å². The second-order valence-corrected chi connectivity index (χ2v) is 7.18. The normalized spacial score (nSPS) is 18.3. The Hall–Kier alpha value is -3.35. The number of carbonyl (C=O) groups is 3. The lowest BCUT2D eigenvalue weighted by Gasteiger charge is -2.26. The van der Waals surface area contributed by atoms with E-state index < -0.39 is 17.5 Å². The maximum absolute atomic E-state index is 13.3. The van der Waals surface area contributed by atoms with Crippen molar-refractivity contribution < 1.29 is 23.9 Å². The molecule has 1 fully saturated rings. The molecule has 3 amide bonds. The number of rotatable bonds is 7. The highest BCUT2D eigenvalue weighted by molar-refractivity contribution is 6.07. The zero-order valence-electron chi connectivity index (χ0n) is 17.7. The van der Waals surface area contributed by atoms with Gasteiger partial charge in [0.2, 0.25) is 0 Å². The average molecular weight is 410 g/mol. The smallest absolute Gasteiger partial charge is 0.338 e. The van der Waals surface area contributed by atoms with Crippen molar-refractivity contribution in [2.24, 2.45) is 0 Å². The van der Waals surface area contributed by atoms with E-state index in [4.69, 9.17) is 9.47 Å². The van der Waals surface area contributed by atoms with Gasteiger partial charge in [0.05, 0.1) is 25.8 Å². The van der Waals surface area contributed by atoms with Crippen LogP contribution in [0.1, 0.15) is 47.3 Å². The third-order valence-electron chi connectivity index (χ3n) is 5.40. The van der Waals surface area contributed by atoms with Crippen molar-refractivity contribution in [2.45, 2.75) is 39.3 Å². The number of urea groups is 1. The lowest BCUT2D eigenvalue weighted by Crippen LogP contribution is -2.43. The van der Waals surface area contributed by atoms with E-state index >= 15 is 0 Å². The summed E-state index contributed by atoms with van der Waals surface area (Å²) in [6, 6.07) is 11.7.